The van der Waals surface area contributed by atoms with Crippen molar-refractivity contribution in [2.24, 2.45) is 5.92 Å². The lowest BCUT2D eigenvalue weighted by molar-refractivity contribution is 0.0901. The summed E-state index contributed by atoms with van der Waals surface area (Å²) >= 11 is 0. The van der Waals surface area contributed by atoms with Gasteiger partial charge in [0.2, 0.25) is 0 Å². The molecule has 22 heavy (non-hydrogen) atoms. The van der Waals surface area contributed by atoms with Crippen molar-refractivity contribution < 1.29 is 14.3 Å². The molecule has 0 bridgehead atoms. The third kappa shape index (κ3) is 3.49. The molecule has 2 N–H and O–H groups in total. The zero-order valence-corrected chi connectivity index (χ0v) is 12.0. The smallest absolute Gasteiger partial charge is 0.252 e. The van der Waals surface area contributed by atoms with Gasteiger partial charge in [-0.1, -0.05) is 12.1 Å². The molecule has 0 aliphatic heterocycles. The van der Waals surface area contributed by atoms with Crippen LogP contribution in [0.25, 0.3) is 11.1 Å². The van der Waals surface area contributed by atoms with Crippen molar-refractivity contribution in [3.63, 3.8) is 0 Å². The highest BCUT2D eigenvalue weighted by molar-refractivity contribution is 5.95. The number of hydrogen-bond acceptors (Lipinski definition) is 3. The minimum atomic E-state index is -0.483. The molecule has 0 radical (unpaired) electrons. The molecule has 1 heterocycles. The van der Waals surface area contributed by atoms with Crippen molar-refractivity contribution in [3.8, 4) is 11.1 Å². The van der Waals surface area contributed by atoms with E-state index in [1.807, 2.05) is 0 Å². The topological polar surface area (TPSA) is 62.2 Å². The van der Waals surface area contributed by atoms with Crippen molar-refractivity contribution in [2.75, 3.05) is 6.54 Å². The number of aromatic nitrogens is 1. The molecule has 2 aromatic rings. The molecule has 0 spiro atoms. The van der Waals surface area contributed by atoms with Gasteiger partial charge < -0.3 is 10.4 Å². The maximum atomic E-state index is 13.3. The van der Waals surface area contributed by atoms with E-state index in [-0.39, 0.29) is 18.3 Å². The standard InChI is InChI=1S/C17H17FN2O2/c18-15-3-1-2-12(7-15)13-6-14(9-19-8-13)17(22)20-10-16(21)11-4-5-11/h1-3,6-9,11,16,21H,4-5,10H2,(H,20,22). The van der Waals surface area contributed by atoms with Gasteiger partial charge in [0.05, 0.1) is 11.7 Å². The van der Waals surface area contributed by atoms with Gasteiger partial charge >= 0.3 is 0 Å². The quantitative estimate of drug-likeness (QED) is 0.891. The molecule has 1 fully saturated rings. The van der Waals surface area contributed by atoms with Crippen LogP contribution in [0.15, 0.2) is 42.7 Å². The number of aliphatic hydroxyl groups excluding tert-OH is 1. The molecule has 0 saturated heterocycles. The van der Waals surface area contributed by atoms with Crippen molar-refractivity contribution >= 4 is 5.91 Å². The summed E-state index contributed by atoms with van der Waals surface area (Å²) < 4.78 is 13.3. The Bertz CT molecular complexity index is 686. The molecule has 1 aliphatic rings. The van der Waals surface area contributed by atoms with E-state index in [1.54, 1.807) is 24.4 Å². The van der Waals surface area contributed by atoms with Gasteiger partial charge in [0, 0.05) is 24.5 Å². The van der Waals surface area contributed by atoms with Crippen molar-refractivity contribution in [1.29, 1.82) is 0 Å². The molecule has 1 unspecified atom stereocenters. The van der Waals surface area contributed by atoms with Gasteiger partial charge in [-0.3, -0.25) is 9.78 Å². The highest BCUT2D eigenvalue weighted by Gasteiger charge is 2.29. The van der Waals surface area contributed by atoms with Crippen LogP contribution in [0, 0.1) is 11.7 Å². The minimum absolute atomic E-state index is 0.244. The number of halogens is 1. The van der Waals surface area contributed by atoms with Gasteiger partial charge in [-0.15, -0.1) is 0 Å². The summed E-state index contributed by atoms with van der Waals surface area (Å²) in [5, 5.41) is 12.5. The van der Waals surface area contributed by atoms with Gasteiger partial charge in [-0.25, -0.2) is 4.39 Å². The molecule has 1 atom stereocenters. The van der Waals surface area contributed by atoms with E-state index in [9.17, 15) is 14.3 Å². The lowest BCUT2D eigenvalue weighted by Gasteiger charge is -2.11. The second-order valence-electron chi connectivity index (χ2n) is 5.59. The molecule has 1 amide bonds. The normalized spacial score (nSPS) is 15.4. The van der Waals surface area contributed by atoms with Gasteiger partial charge in [0.15, 0.2) is 0 Å². The number of nitrogens with zero attached hydrogens (tertiary/aromatic N) is 1. The van der Waals surface area contributed by atoms with Gasteiger partial charge in [-0.05, 0) is 42.5 Å². The number of benzene rings is 1. The summed E-state index contributed by atoms with van der Waals surface area (Å²) in [6, 6.07) is 7.81. The van der Waals surface area contributed by atoms with Crippen LogP contribution in [0.4, 0.5) is 4.39 Å². The van der Waals surface area contributed by atoms with Crippen LogP contribution in [0.3, 0.4) is 0 Å². The first-order valence-electron chi connectivity index (χ1n) is 7.31. The highest BCUT2D eigenvalue weighted by Crippen LogP contribution is 2.32. The fraction of sp³-hybridized carbons (Fsp3) is 0.294. The fourth-order valence-electron chi connectivity index (χ4n) is 2.34. The van der Waals surface area contributed by atoms with Gasteiger partial charge in [-0.2, -0.15) is 0 Å². The van der Waals surface area contributed by atoms with Crippen LogP contribution < -0.4 is 5.32 Å². The number of carbonyl (C=O) groups is 1. The molecular weight excluding hydrogens is 283 g/mol. The second-order valence-corrected chi connectivity index (χ2v) is 5.59. The Balaban J connectivity index is 1.71. The molecule has 1 saturated carbocycles. The average Bonchev–Trinajstić information content (AvgIpc) is 3.37. The molecule has 1 aromatic carbocycles. The number of rotatable bonds is 5. The SMILES string of the molecule is O=C(NCC(O)C1CC1)c1cncc(-c2cccc(F)c2)c1. The summed E-state index contributed by atoms with van der Waals surface area (Å²) in [6.45, 7) is 0.244. The summed E-state index contributed by atoms with van der Waals surface area (Å²) in [5.41, 5.74) is 1.74. The van der Waals surface area contributed by atoms with Crippen LogP contribution in [-0.2, 0) is 0 Å². The Morgan fingerprint density at radius 2 is 2.14 bits per heavy atom. The lowest BCUT2D eigenvalue weighted by atomic mass is 10.1. The van der Waals surface area contributed by atoms with Gasteiger partial charge in [0.1, 0.15) is 5.82 Å². The average molecular weight is 300 g/mol. The van der Waals surface area contributed by atoms with E-state index < -0.39 is 6.10 Å². The summed E-state index contributed by atoms with van der Waals surface area (Å²) in [7, 11) is 0. The van der Waals surface area contributed by atoms with E-state index >= 15 is 0 Å². The zero-order chi connectivity index (χ0) is 15.5. The van der Waals surface area contributed by atoms with Crippen molar-refractivity contribution in [3.05, 3.63) is 54.1 Å². The molecule has 1 aromatic heterocycles. The maximum absolute atomic E-state index is 13.3. The fourth-order valence-corrected chi connectivity index (χ4v) is 2.34. The molecule has 4 nitrogen and oxygen atoms in total. The first kappa shape index (κ1) is 14.7. The Morgan fingerprint density at radius 1 is 1.32 bits per heavy atom. The van der Waals surface area contributed by atoms with Crippen molar-refractivity contribution in [2.45, 2.75) is 18.9 Å². The number of amides is 1. The number of carbonyl (C=O) groups excluding carboxylic acids is 1. The summed E-state index contributed by atoms with van der Waals surface area (Å²) in [4.78, 5) is 16.1. The van der Waals surface area contributed by atoms with Crippen LogP contribution in [-0.4, -0.2) is 28.6 Å². The van der Waals surface area contributed by atoms with Crippen LogP contribution >= 0.6 is 0 Å². The predicted octanol–water partition coefficient (Wildman–Crippen LogP) is 2.39. The zero-order valence-electron chi connectivity index (χ0n) is 12.0. The monoisotopic (exact) mass is 300 g/mol. The number of aliphatic hydroxyl groups is 1. The van der Waals surface area contributed by atoms with Crippen LogP contribution in [0.5, 0.6) is 0 Å². The van der Waals surface area contributed by atoms with E-state index in [0.717, 1.165) is 12.8 Å². The lowest BCUT2D eigenvalue weighted by Crippen LogP contribution is -2.33. The molecule has 1 aliphatic carbocycles. The first-order valence-corrected chi connectivity index (χ1v) is 7.31. The number of hydrogen-bond donors (Lipinski definition) is 2. The Hall–Kier alpha value is -2.27. The second kappa shape index (κ2) is 6.23. The predicted molar refractivity (Wildman–Crippen MR) is 80.7 cm³/mol. The molecular formula is C17H17FN2O2. The summed E-state index contributed by atoms with van der Waals surface area (Å²) in [6.07, 6.45) is 4.61. The highest BCUT2D eigenvalue weighted by atomic mass is 19.1. The minimum Gasteiger partial charge on any atom is -0.391 e. The summed E-state index contributed by atoms with van der Waals surface area (Å²) in [5.74, 6) is -0.303. The van der Waals surface area contributed by atoms with Crippen LogP contribution in [0.2, 0.25) is 0 Å². The third-order valence-corrected chi connectivity index (χ3v) is 3.80. The van der Waals surface area contributed by atoms with E-state index in [2.05, 4.69) is 10.3 Å². The maximum Gasteiger partial charge on any atom is 0.252 e. The van der Waals surface area contributed by atoms with Crippen LogP contribution in [0.1, 0.15) is 23.2 Å². The Kier molecular flexibility index (Phi) is 4.15. The third-order valence-electron chi connectivity index (χ3n) is 3.80. The Labute approximate surface area is 128 Å². The van der Waals surface area contributed by atoms with Gasteiger partial charge in [0.25, 0.3) is 5.91 Å². The molecule has 5 heteroatoms. The molecule has 3 rings (SSSR count). The number of pyridine rings is 1. The van der Waals surface area contributed by atoms with Crippen molar-refractivity contribution in [1.82, 2.24) is 10.3 Å². The van der Waals surface area contributed by atoms with E-state index in [0.29, 0.717) is 22.6 Å². The Morgan fingerprint density at radius 3 is 2.86 bits per heavy atom. The molecule has 114 valence electrons. The first-order chi connectivity index (χ1) is 10.6. The number of nitrogens with one attached hydrogen (secondary N) is 1. The largest absolute Gasteiger partial charge is 0.391 e. The van der Waals surface area contributed by atoms with E-state index in [4.69, 9.17) is 0 Å². The van der Waals surface area contributed by atoms with E-state index in [1.165, 1.54) is 18.3 Å².